The number of benzene rings is 1. The minimum atomic E-state index is -0.735. The monoisotopic (exact) mass is 403 g/mol. The summed E-state index contributed by atoms with van der Waals surface area (Å²) in [5, 5.41) is 5.53. The molecule has 4 N–H and O–H groups in total. The summed E-state index contributed by atoms with van der Waals surface area (Å²) in [5.74, 6) is -1.05. The Morgan fingerprint density at radius 3 is 2.41 bits per heavy atom. The summed E-state index contributed by atoms with van der Waals surface area (Å²) in [7, 11) is 0. The van der Waals surface area contributed by atoms with Gasteiger partial charge in [-0.1, -0.05) is 0 Å². The number of hydrogen-bond acceptors (Lipinski definition) is 6. The van der Waals surface area contributed by atoms with Crippen molar-refractivity contribution in [2.45, 2.75) is 46.6 Å². The third-order valence-electron chi connectivity index (χ3n) is 3.84. The summed E-state index contributed by atoms with van der Waals surface area (Å²) in [4.78, 5) is 31.8. The van der Waals surface area contributed by atoms with Crippen molar-refractivity contribution in [2.75, 3.05) is 11.9 Å². The Bertz CT molecular complexity index is 925. The SMILES string of the molecule is Cc1nc(Nc2cc(F)cc(CCNC(=O)OC(C)(C)C)c2)c(C(N)=O)nc1C. The summed E-state index contributed by atoms with van der Waals surface area (Å²) >= 11 is 0. The number of anilines is 2. The molecule has 9 heteroatoms. The summed E-state index contributed by atoms with van der Waals surface area (Å²) < 4.78 is 19.2. The molecule has 1 aromatic carbocycles. The second-order valence-corrected chi connectivity index (χ2v) is 7.61. The first-order valence-corrected chi connectivity index (χ1v) is 9.13. The van der Waals surface area contributed by atoms with Crippen molar-refractivity contribution in [3.05, 3.63) is 46.7 Å². The molecule has 2 rings (SSSR count). The molecule has 0 spiro atoms. The normalized spacial score (nSPS) is 11.1. The van der Waals surface area contributed by atoms with Crippen LogP contribution in [0.1, 0.15) is 48.2 Å². The summed E-state index contributed by atoms with van der Waals surface area (Å²) in [6, 6.07) is 4.33. The van der Waals surface area contributed by atoms with Crippen LogP contribution < -0.4 is 16.4 Å². The van der Waals surface area contributed by atoms with Crippen LogP contribution in [0.5, 0.6) is 0 Å². The molecule has 29 heavy (non-hydrogen) atoms. The van der Waals surface area contributed by atoms with E-state index in [0.717, 1.165) is 0 Å². The maximum absolute atomic E-state index is 14.1. The van der Waals surface area contributed by atoms with Crippen molar-refractivity contribution in [3.8, 4) is 0 Å². The fraction of sp³-hybridized carbons (Fsp3) is 0.400. The Kier molecular flexibility index (Phi) is 6.73. The van der Waals surface area contributed by atoms with E-state index in [-0.39, 0.29) is 18.1 Å². The number of carbonyl (C=O) groups is 2. The number of carbonyl (C=O) groups excluding carboxylic acids is 2. The molecular formula is C20H26FN5O3. The third kappa shape index (κ3) is 6.70. The molecule has 1 heterocycles. The number of aromatic nitrogens is 2. The van der Waals surface area contributed by atoms with Crippen LogP contribution in [0.2, 0.25) is 0 Å². The zero-order chi connectivity index (χ0) is 21.8. The molecule has 8 nitrogen and oxygen atoms in total. The fourth-order valence-electron chi connectivity index (χ4n) is 2.49. The Morgan fingerprint density at radius 1 is 1.14 bits per heavy atom. The average molecular weight is 403 g/mol. The molecule has 2 amide bonds. The van der Waals surface area contributed by atoms with E-state index in [0.29, 0.717) is 29.1 Å². The summed E-state index contributed by atoms with van der Waals surface area (Å²) in [6.45, 7) is 9.05. The van der Waals surface area contributed by atoms with Crippen LogP contribution in [0.25, 0.3) is 0 Å². The van der Waals surface area contributed by atoms with E-state index < -0.39 is 23.4 Å². The number of ether oxygens (including phenoxy) is 1. The van der Waals surface area contributed by atoms with Crippen LogP contribution >= 0.6 is 0 Å². The third-order valence-corrected chi connectivity index (χ3v) is 3.84. The van der Waals surface area contributed by atoms with E-state index in [2.05, 4.69) is 20.6 Å². The number of alkyl carbamates (subject to hydrolysis) is 1. The number of nitrogens with zero attached hydrogens (tertiary/aromatic N) is 2. The molecule has 0 radical (unpaired) electrons. The number of primary amides is 1. The molecule has 0 fully saturated rings. The van der Waals surface area contributed by atoms with Crippen molar-refractivity contribution in [1.29, 1.82) is 0 Å². The smallest absolute Gasteiger partial charge is 0.407 e. The molecule has 1 aromatic heterocycles. The Hall–Kier alpha value is -3.23. The molecule has 2 aromatic rings. The zero-order valence-electron chi connectivity index (χ0n) is 17.2. The minimum Gasteiger partial charge on any atom is -0.444 e. The molecule has 0 aliphatic carbocycles. The lowest BCUT2D eigenvalue weighted by Gasteiger charge is -2.19. The van der Waals surface area contributed by atoms with E-state index in [1.165, 1.54) is 12.1 Å². The van der Waals surface area contributed by atoms with Gasteiger partial charge in [0.25, 0.3) is 5.91 Å². The van der Waals surface area contributed by atoms with Gasteiger partial charge in [-0.3, -0.25) is 4.79 Å². The number of amides is 2. The highest BCUT2D eigenvalue weighted by Crippen LogP contribution is 2.21. The van der Waals surface area contributed by atoms with Gasteiger partial charge in [-0.25, -0.2) is 19.2 Å². The molecule has 0 unspecified atom stereocenters. The largest absolute Gasteiger partial charge is 0.444 e. The van der Waals surface area contributed by atoms with Crippen LogP contribution in [-0.4, -0.2) is 34.1 Å². The standard InChI is InChI=1S/C20H26FN5O3/c1-11-12(2)25-18(16(24-11)17(22)27)26-15-9-13(8-14(21)10-15)6-7-23-19(28)29-20(3,4)5/h8-10H,6-7H2,1-5H3,(H2,22,27)(H,23,28)(H,25,26). The van der Waals surface area contributed by atoms with Gasteiger partial charge >= 0.3 is 6.09 Å². The summed E-state index contributed by atoms with van der Waals surface area (Å²) in [6.07, 6.45) is -0.156. The minimum absolute atomic E-state index is 0.0227. The Labute approximate surface area is 169 Å². The lowest BCUT2D eigenvalue weighted by molar-refractivity contribution is 0.0528. The van der Waals surface area contributed by atoms with E-state index in [1.807, 2.05) is 0 Å². The Balaban J connectivity index is 2.13. The number of halogens is 1. The maximum Gasteiger partial charge on any atom is 0.407 e. The first-order chi connectivity index (χ1) is 13.4. The first kappa shape index (κ1) is 22.1. The van der Waals surface area contributed by atoms with Gasteiger partial charge < -0.3 is 21.1 Å². The highest BCUT2D eigenvalue weighted by molar-refractivity contribution is 5.96. The second kappa shape index (κ2) is 8.85. The number of rotatable bonds is 6. The van der Waals surface area contributed by atoms with E-state index in [1.54, 1.807) is 40.7 Å². The van der Waals surface area contributed by atoms with E-state index in [4.69, 9.17) is 10.5 Å². The van der Waals surface area contributed by atoms with Gasteiger partial charge in [-0.05, 0) is 64.8 Å². The van der Waals surface area contributed by atoms with Gasteiger partial charge in [-0.2, -0.15) is 0 Å². The molecule has 0 saturated carbocycles. The fourth-order valence-corrected chi connectivity index (χ4v) is 2.49. The molecular weight excluding hydrogens is 377 g/mol. The number of aryl methyl sites for hydroxylation is 2. The number of hydrogen-bond donors (Lipinski definition) is 3. The number of nitrogens with one attached hydrogen (secondary N) is 2. The zero-order valence-corrected chi connectivity index (χ0v) is 17.2. The topological polar surface area (TPSA) is 119 Å². The summed E-state index contributed by atoms with van der Waals surface area (Å²) in [5.41, 5.74) is 6.99. The Morgan fingerprint density at radius 2 is 1.79 bits per heavy atom. The van der Waals surface area contributed by atoms with Crippen LogP contribution in [0.3, 0.4) is 0 Å². The molecule has 0 aliphatic heterocycles. The highest BCUT2D eigenvalue weighted by Gasteiger charge is 2.16. The van der Waals surface area contributed by atoms with Crippen molar-refractivity contribution in [3.63, 3.8) is 0 Å². The molecule has 0 aliphatic rings. The predicted molar refractivity (Wildman–Crippen MR) is 108 cm³/mol. The molecule has 0 saturated heterocycles. The van der Waals surface area contributed by atoms with Crippen LogP contribution in [0.15, 0.2) is 18.2 Å². The van der Waals surface area contributed by atoms with Crippen LogP contribution in [0, 0.1) is 19.7 Å². The van der Waals surface area contributed by atoms with Crippen LogP contribution in [0.4, 0.5) is 20.7 Å². The van der Waals surface area contributed by atoms with E-state index >= 15 is 0 Å². The van der Waals surface area contributed by atoms with E-state index in [9.17, 15) is 14.0 Å². The predicted octanol–water partition coefficient (Wildman–Crippen LogP) is 3.14. The second-order valence-electron chi connectivity index (χ2n) is 7.61. The van der Waals surface area contributed by atoms with Crippen molar-refractivity contribution in [1.82, 2.24) is 15.3 Å². The van der Waals surface area contributed by atoms with Gasteiger partial charge in [0, 0.05) is 12.2 Å². The van der Waals surface area contributed by atoms with Gasteiger partial charge in [0.2, 0.25) is 0 Å². The van der Waals surface area contributed by atoms with Gasteiger partial charge in [0.1, 0.15) is 11.4 Å². The van der Waals surface area contributed by atoms with Crippen molar-refractivity contribution in [2.24, 2.45) is 5.73 Å². The van der Waals surface area contributed by atoms with Gasteiger partial charge in [-0.15, -0.1) is 0 Å². The molecule has 156 valence electrons. The van der Waals surface area contributed by atoms with Gasteiger partial charge in [0.15, 0.2) is 11.5 Å². The van der Waals surface area contributed by atoms with Crippen molar-refractivity contribution >= 4 is 23.5 Å². The lowest BCUT2D eigenvalue weighted by atomic mass is 10.1. The quantitative estimate of drug-likeness (QED) is 0.682. The first-order valence-electron chi connectivity index (χ1n) is 9.13. The van der Waals surface area contributed by atoms with Crippen molar-refractivity contribution < 1.29 is 18.7 Å². The van der Waals surface area contributed by atoms with Crippen LogP contribution in [-0.2, 0) is 11.2 Å². The number of nitrogens with two attached hydrogens (primary N) is 1. The highest BCUT2D eigenvalue weighted by atomic mass is 19.1. The molecule has 0 bridgehead atoms. The lowest BCUT2D eigenvalue weighted by Crippen LogP contribution is -2.33. The average Bonchev–Trinajstić information content (AvgIpc) is 2.55. The van der Waals surface area contributed by atoms with Gasteiger partial charge in [0.05, 0.1) is 11.4 Å². The maximum atomic E-state index is 14.1. The molecule has 0 atom stereocenters.